The molecule has 0 radical (unpaired) electrons. The van der Waals surface area contributed by atoms with E-state index >= 15 is 0 Å². The summed E-state index contributed by atoms with van der Waals surface area (Å²) in [5.74, 6) is 0.546. The molecule has 0 saturated carbocycles. The third kappa shape index (κ3) is 6.71. The Hall–Kier alpha value is -2.85. The van der Waals surface area contributed by atoms with Crippen LogP contribution in [0.25, 0.3) is 0 Å². The summed E-state index contributed by atoms with van der Waals surface area (Å²) in [4.78, 5) is 11.3. The van der Waals surface area contributed by atoms with E-state index in [1.54, 1.807) is 7.05 Å². The van der Waals surface area contributed by atoms with E-state index in [2.05, 4.69) is 36.0 Å². The van der Waals surface area contributed by atoms with Gasteiger partial charge < -0.3 is 16.0 Å². The number of halogens is 3. The summed E-state index contributed by atoms with van der Waals surface area (Å²) in [7, 11) is 1.65. The van der Waals surface area contributed by atoms with E-state index in [1.165, 1.54) is 0 Å². The molecule has 2 aromatic rings. The van der Waals surface area contributed by atoms with Crippen molar-refractivity contribution in [3.05, 3.63) is 35.4 Å². The van der Waals surface area contributed by atoms with Crippen molar-refractivity contribution in [3.8, 4) is 0 Å². The molecule has 3 N–H and O–H groups in total. The van der Waals surface area contributed by atoms with Crippen LogP contribution in [0.3, 0.4) is 0 Å². The lowest BCUT2D eigenvalue weighted by atomic mass is 10.4. The number of aromatic nitrogens is 4. The van der Waals surface area contributed by atoms with E-state index in [1.807, 2.05) is 24.6 Å². The Bertz CT molecular complexity index is 785. The molecule has 0 amide bonds. The molecular formula is C17H25F3N8. The Morgan fingerprint density at radius 2 is 1.93 bits per heavy atom. The average molecular weight is 398 g/mol. The number of aliphatic imine (C=N–C) groups is 1. The number of hydrogen-bond acceptors (Lipinski definition) is 5. The first kappa shape index (κ1) is 21.5. The SMILES string of the molecule is CN=C(NCCCn1nc(C)cc1C)NCCNc1nccc(C(F)(F)F)n1. The molecule has 0 spiro atoms. The lowest BCUT2D eigenvalue weighted by Gasteiger charge is -2.13. The molecule has 0 aromatic carbocycles. The van der Waals surface area contributed by atoms with Gasteiger partial charge in [-0.25, -0.2) is 9.97 Å². The Morgan fingerprint density at radius 1 is 1.18 bits per heavy atom. The predicted molar refractivity (Wildman–Crippen MR) is 101 cm³/mol. The van der Waals surface area contributed by atoms with Gasteiger partial charge in [0.25, 0.3) is 0 Å². The zero-order valence-electron chi connectivity index (χ0n) is 16.1. The number of rotatable bonds is 8. The van der Waals surface area contributed by atoms with Crippen molar-refractivity contribution >= 4 is 11.9 Å². The smallest absolute Gasteiger partial charge is 0.356 e. The van der Waals surface area contributed by atoms with E-state index in [0.29, 0.717) is 25.6 Å². The molecule has 0 aliphatic heterocycles. The van der Waals surface area contributed by atoms with Crippen LogP contribution >= 0.6 is 0 Å². The summed E-state index contributed by atoms with van der Waals surface area (Å²) in [5, 5.41) is 13.4. The number of anilines is 1. The van der Waals surface area contributed by atoms with Gasteiger partial charge in [-0.2, -0.15) is 18.3 Å². The monoisotopic (exact) mass is 398 g/mol. The highest BCUT2D eigenvalue weighted by Gasteiger charge is 2.32. The number of alkyl halides is 3. The molecule has 11 heteroatoms. The summed E-state index contributed by atoms with van der Waals surface area (Å²) in [6.07, 6.45) is -2.54. The van der Waals surface area contributed by atoms with Gasteiger partial charge in [-0.1, -0.05) is 0 Å². The van der Waals surface area contributed by atoms with E-state index in [0.717, 1.165) is 36.6 Å². The van der Waals surface area contributed by atoms with E-state index in [4.69, 9.17) is 0 Å². The maximum Gasteiger partial charge on any atom is 0.433 e. The van der Waals surface area contributed by atoms with Crippen LogP contribution < -0.4 is 16.0 Å². The van der Waals surface area contributed by atoms with Gasteiger partial charge in [-0.15, -0.1) is 0 Å². The minimum Gasteiger partial charge on any atom is -0.356 e. The highest BCUT2D eigenvalue weighted by molar-refractivity contribution is 5.79. The minimum atomic E-state index is -4.49. The van der Waals surface area contributed by atoms with Crippen molar-refractivity contribution in [1.82, 2.24) is 30.4 Å². The third-order valence-corrected chi connectivity index (χ3v) is 3.81. The molecular weight excluding hydrogens is 373 g/mol. The summed E-state index contributed by atoms with van der Waals surface area (Å²) >= 11 is 0. The van der Waals surface area contributed by atoms with Gasteiger partial charge in [0, 0.05) is 45.1 Å². The van der Waals surface area contributed by atoms with Gasteiger partial charge in [0.15, 0.2) is 5.96 Å². The van der Waals surface area contributed by atoms with Gasteiger partial charge in [0.2, 0.25) is 5.95 Å². The number of hydrogen-bond donors (Lipinski definition) is 3. The second-order valence-electron chi connectivity index (χ2n) is 6.12. The normalized spacial score (nSPS) is 12.1. The minimum absolute atomic E-state index is 0.0653. The Kier molecular flexibility index (Phi) is 7.59. The Balaban J connectivity index is 1.66. The molecule has 2 aromatic heterocycles. The quantitative estimate of drug-likeness (QED) is 0.358. The van der Waals surface area contributed by atoms with Crippen LogP contribution in [-0.4, -0.2) is 52.4 Å². The van der Waals surface area contributed by atoms with Crippen LogP contribution in [0.5, 0.6) is 0 Å². The third-order valence-electron chi connectivity index (χ3n) is 3.81. The maximum absolute atomic E-state index is 12.6. The molecule has 154 valence electrons. The van der Waals surface area contributed by atoms with Crippen molar-refractivity contribution in [2.45, 2.75) is 33.0 Å². The summed E-state index contributed by atoms with van der Waals surface area (Å²) in [6, 6.07) is 2.87. The first-order valence-corrected chi connectivity index (χ1v) is 8.89. The van der Waals surface area contributed by atoms with Crippen LogP contribution in [0.15, 0.2) is 23.3 Å². The topological polar surface area (TPSA) is 92.0 Å². The van der Waals surface area contributed by atoms with Crippen molar-refractivity contribution in [3.63, 3.8) is 0 Å². The van der Waals surface area contributed by atoms with Gasteiger partial charge in [-0.3, -0.25) is 9.67 Å². The van der Waals surface area contributed by atoms with E-state index in [9.17, 15) is 13.2 Å². The highest BCUT2D eigenvalue weighted by atomic mass is 19.4. The molecule has 0 atom stereocenters. The van der Waals surface area contributed by atoms with Crippen molar-refractivity contribution in [1.29, 1.82) is 0 Å². The summed E-state index contributed by atoms with van der Waals surface area (Å²) < 4.78 is 39.8. The molecule has 0 aliphatic rings. The fourth-order valence-electron chi connectivity index (χ4n) is 2.51. The lowest BCUT2D eigenvalue weighted by molar-refractivity contribution is -0.141. The molecule has 0 unspecified atom stereocenters. The number of aryl methyl sites for hydroxylation is 3. The van der Waals surface area contributed by atoms with Gasteiger partial charge in [0.1, 0.15) is 5.69 Å². The van der Waals surface area contributed by atoms with Crippen molar-refractivity contribution in [2.75, 3.05) is 32.0 Å². The van der Waals surface area contributed by atoms with Crippen molar-refractivity contribution < 1.29 is 13.2 Å². The molecule has 0 saturated heterocycles. The van der Waals surface area contributed by atoms with Gasteiger partial charge in [0.05, 0.1) is 5.69 Å². The fourth-order valence-corrected chi connectivity index (χ4v) is 2.51. The Labute approximate surface area is 161 Å². The largest absolute Gasteiger partial charge is 0.433 e. The lowest BCUT2D eigenvalue weighted by Crippen LogP contribution is -2.40. The van der Waals surface area contributed by atoms with Crippen LogP contribution in [0.1, 0.15) is 23.5 Å². The van der Waals surface area contributed by atoms with E-state index < -0.39 is 11.9 Å². The highest BCUT2D eigenvalue weighted by Crippen LogP contribution is 2.27. The number of nitrogens with one attached hydrogen (secondary N) is 3. The first-order chi connectivity index (χ1) is 13.3. The molecule has 0 aliphatic carbocycles. The average Bonchev–Trinajstić information content (AvgIpc) is 2.97. The Morgan fingerprint density at radius 3 is 2.57 bits per heavy atom. The fraction of sp³-hybridized carbons (Fsp3) is 0.529. The van der Waals surface area contributed by atoms with Crippen LogP contribution in [0, 0.1) is 13.8 Å². The zero-order valence-corrected chi connectivity index (χ0v) is 16.1. The number of nitrogens with zero attached hydrogens (tertiary/aromatic N) is 5. The summed E-state index contributed by atoms with van der Waals surface area (Å²) in [5.41, 5.74) is 1.15. The second-order valence-corrected chi connectivity index (χ2v) is 6.12. The standard InChI is InChI=1S/C17H25F3N8/c1-12-11-13(2)28(27-12)10-4-6-22-15(21-3)24-8-9-25-16-23-7-5-14(26-16)17(18,19)20/h5,7,11H,4,6,8-10H2,1-3H3,(H2,21,22,24)(H,23,25,26). The van der Waals surface area contributed by atoms with Crippen molar-refractivity contribution in [2.24, 2.45) is 4.99 Å². The molecule has 0 fully saturated rings. The summed E-state index contributed by atoms with van der Waals surface area (Å²) in [6.45, 7) is 6.28. The van der Waals surface area contributed by atoms with Crippen LogP contribution in [0.2, 0.25) is 0 Å². The first-order valence-electron chi connectivity index (χ1n) is 8.89. The molecule has 2 heterocycles. The van der Waals surface area contributed by atoms with E-state index in [-0.39, 0.29) is 5.95 Å². The molecule has 8 nitrogen and oxygen atoms in total. The number of guanidine groups is 1. The predicted octanol–water partition coefficient (Wildman–Crippen LogP) is 1.98. The zero-order chi connectivity index (χ0) is 20.6. The molecule has 0 bridgehead atoms. The molecule has 28 heavy (non-hydrogen) atoms. The molecule has 2 rings (SSSR count). The van der Waals surface area contributed by atoms with Gasteiger partial charge in [-0.05, 0) is 32.4 Å². The maximum atomic E-state index is 12.6. The van der Waals surface area contributed by atoms with Gasteiger partial charge >= 0.3 is 6.18 Å². The second kappa shape index (κ2) is 9.90. The van der Waals surface area contributed by atoms with Crippen LogP contribution in [0.4, 0.5) is 19.1 Å². The van der Waals surface area contributed by atoms with Crippen LogP contribution in [-0.2, 0) is 12.7 Å².